The highest BCUT2D eigenvalue weighted by molar-refractivity contribution is 6.39. The van der Waals surface area contributed by atoms with Crippen molar-refractivity contribution in [1.82, 2.24) is 5.32 Å². The largest absolute Gasteiger partial charge is 0.493 e. The van der Waals surface area contributed by atoms with Gasteiger partial charge < -0.3 is 9.47 Å². The number of amides is 4. The highest BCUT2D eigenvalue weighted by Gasteiger charge is 2.37. The summed E-state index contributed by atoms with van der Waals surface area (Å²) in [5.41, 5.74) is 2.15. The third-order valence-corrected chi connectivity index (χ3v) is 5.18. The van der Waals surface area contributed by atoms with Crippen LogP contribution in [0.1, 0.15) is 16.7 Å². The lowest BCUT2D eigenvalue weighted by Gasteiger charge is -2.26. The van der Waals surface area contributed by atoms with Crippen LogP contribution in [0.25, 0.3) is 6.08 Å². The molecule has 1 heterocycles. The molecule has 4 amide bonds. The number of hydrogen-bond donors (Lipinski definition) is 1. The quantitative estimate of drug-likeness (QED) is 0.416. The van der Waals surface area contributed by atoms with Gasteiger partial charge in [-0.25, -0.2) is 9.69 Å². The van der Waals surface area contributed by atoms with Gasteiger partial charge in [0, 0.05) is 10.6 Å². The van der Waals surface area contributed by atoms with E-state index in [9.17, 15) is 14.4 Å². The number of halogens is 1. The van der Waals surface area contributed by atoms with Crippen LogP contribution in [0.15, 0.2) is 48.6 Å². The molecule has 2 aromatic carbocycles. The molecule has 160 valence electrons. The standard InChI is InChI=1S/C23H21ClN2O5/c1-5-6-15-9-14(11-19(30-3)20(15)31-4)10-17-21(27)25-23(29)26(22(17)28)16-8-7-13(2)18(24)12-16/h5,7-12H,1,6H2,2-4H3,(H,25,27,29)/b17-10-. The molecule has 31 heavy (non-hydrogen) atoms. The molecule has 1 aliphatic rings. The van der Waals surface area contributed by atoms with Crippen LogP contribution in [-0.2, 0) is 16.0 Å². The second kappa shape index (κ2) is 9.06. The molecule has 0 saturated carbocycles. The van der Waals surface area contributed by atoms with Gasteiger partial charge in [0.2, 0.25) is 0 Å². The minimum atomic E-state index is -0.841. The number of hydrogen-bond acceptors (Lipinski definition) is 5. The second-order valence-corrected chi connectivity index (χ2v) is 7.21. The number of barbiturate groups is 1. The number of imide groups is 2. The number of nitrogens with one attached hydrogen (secondary N) is 1. The maximum Gasteiger partial charge on any atom is 0.335 e. The van der Waals surface area contributed by atoms with Gasteiger partial charge in [0.25, 0.3) is 11.8 Å². The zero-order valence-electron chi connectivity index (χ0n) is 17.3. The van der Waals surface area contributed by atoms with E-state index in [0.29, 0.717) is 28.5 Å². The van der Waals surface area contributed by atoms with Gasteiger partial charge in [-0.05, 0) is 54.8 Å². The van der Waals surface area contributed by atoms with Crippen molar-refractivity contribution in [3.05, 3.63) is 70.3 Å². The van der Waals surface area contributed by atoms with Crippen LogP contribution >= 0.6 is 11.6 Å². The maximum atomic E-state index is 13.1. The van der Waals surface area contributed by atoms with E-state index < -0.39 is 17.8 Å². The Morgan fingerprint density at radius 1 is 1.13 bits per heavy atom. The van der Waals surface area contributed by atoms with Crippen molar-refractivity contribution in [3.63, 3.8) is 0 Å². The summed E-state index contributed by atoms with van der Waals surface area (Å²) >= 11 is 6.15. The number of aryl methyl sites for hydroxylation is 1. The van der Waals surface area contributed by atoms with E-state index >= 15 is 0 Å². The van der Waals surface area contributed by atoms with Crippen LogP contribution < -0.4 is 19.7 Å². The van der Waals surface area contributed by atoms with Crippen LogP contribution in [0.5, 0.6) is 11.5 Å². The highest BCUT2D eigenvalue weighted by atomic mass is 35.5. The molecule has 7 nitrogen and oxygen atoms in total. The van der Waals surface area contributed by atoms with Crippen molar-refractivity contribution in [2.24, 2.45) is 0 Å². The highest BCUT2D eigenvalue weighted by Crippen LogP contribution is 2.34. The number of methoxy groups -OCH3 is 2. The molecule has 0 bridgehead atoms. The number of rotatable bonds is 6. The van der Waals surface area contributed by atoms with Gasteiger partial charge in [0.1, 0.15) is 5.57 Å². The number of urea groups is 1. The Labute approximate surface area is 184 Å². The summed E-state index contributed by atoms with van der Waals surface area (Å²) in [5, 5.41) is 2.60. The first-order valence-electron chi connectivity index (χ1n) is 9.34. The average Bonchev–Trinajstić information content (AvgIpc) is 2.73. The van der Waals surface area contributed by atoms with Gasteiger partial charge in [-0.1, -0.05) is 23.7 Å². The normalized spacial score (nSPS) is 15.2. The molecule has 1 fully saturated rings. The lowest BCUT2D eigenvalue weighted by atomic mass is 10.0. The molecule has 0 spiro atoms. The fourth-order valence-corrected chi connectivity index (χ4v) is 3.41. The summed E-state index contributed by atoms with van der Waals surface area (Å²) in [6, 6.07) is 7.34. The summed E-state index contributed by atoms with van der Waals surface area (Å²) in [6.07, 6.45) is 3.60. The molecule has 0 radical (unpaired) electrons. The first-order chi connectivity index (χ1) is 14.8. The van der Waals surface area contributed by atoms with Crippen LogP contribution in [0.4, 0.5) is 10.5 Å². The molecule has 2 aromatic rings. The van der Waals surface area contributed by atoms with Gasteiger partial charge in [0.15, 0.2) is 11.5 Å². The van der Waals surface area contributed by atoms with E-state index in [1.165, 1.54) is 26.4 Å². The first-order valence-corrected chi connectivity index (χ1v) is 9.72. The van der Waals surface area contributed by atoms with E-state index in [0.717, 1.165) is 16.0 Å². The average molecular weight is 441 g/mol. The van der Waals surface area contributed by atoms with Crippen LogP contribution in [0.3, 0.4) is 0 Å². The predicted molar refractivity (Wildman–Crippen MR) is 119 cm³/mol. The Morgan fingerprint density at radius 3 is 2.48 bits per heavy atom. The Kier molecular flexibility index (Phi) is 6.46. The van der Waals surface area contributed by atoms with Crippen molar-refractivity contribution in [2.75, 3.05) is 19.1 Å². The molecule has 1 aliphatic heterocycles. The van der Waals surface area contributed by atoms with E-state index in [-0.39, 0.29) is 11.3 Å². The number of carbonyl (C=O) groups excluding carboxylic acids is 3. The minimum Gasteiger partial charge on any atom is -0.493 e. The molecule has 3 rings (SSSR count). The van der Waals surface area contributed by atoms with Crippen molar-refractivity contribution in [2.45, 2.75) is 13.3 Å². The SMILES string of the molecule is C=CCc1cc(/C=C2/C(=O)NC(=O)N(c3ccc(C)c(Cl)c3)C2=O)cc(OC)c1OC. The number of carbonyl (C=O) groups is 3. The summed E-state index contributed by atoms with van der Waals surface area (Å²) < 4.78 is 10.8. The van der Waals surface area contributed by atoms with E-state index in [4.69, 9.17) is 21.1 Å². The van der Waals surface area contributed by atoms with E-state index in [1.54, 1.807) is 37.3 Å². The fraction of sp³-hybridized carbons (Fsp3) is 0.174. The van der Waals surface area contributed by atoms with Gasteiger partial charge in [-0.3, -0.25) is 14.9 Å². The zero-order chi connectivity index (χ0) is 22.7. The van der Waals surface area contributed by atoms with Crippen LogP contribution in [-0.4, -0.2) is 32.1 Å². The molecule has 1 N–H and O–H groups in total. The van der Waals surface area contributed by atoms with Gasteiger partial charge in [-0.2, -0.15) is 0 Å². The predicted octanol–water partition coefficient (Wildman–Crippen LogP) is 4.06. The lowest BCUT2D eigenvalue weighted by molar-refractivity contribution is -0.122. The Balaban J connectivity index is 2.08. The molecule has 0 atom stereocenters. The van der Waals surface area contributed by atoms with E-state index in [2.05, 4.69) is 11.9 Å². The molecule has 1 saturated heterocycles. The number of anilines is 1. The molecular formula is C23H21ClN2O5. The summed E-state index contributed by atoms with van der Waals surface area (Å²) in [7, 11) is 3.02. The number of benzene rings is 2. The number of ether oxygens (including phenoxy) is 2. The fourth-order valence-electron chi connectivity index (χ4n) is 3.24. The van der Waals surface area contributed by atoms with Gasteiger partial charge >= 0.3 is 6.03 Å². The lowest BCUT2D eigenvalue weighted by Crippen LogP contribution is -2.54. The van der Waals surface area contributed by atoms with Crippen LogP contribution in [0, 0.1) is 6.92 Å². The smallest absolute Gasteiger partial charge is 0.335 e. The van der Waals surface area contributed by atoms with Gasteiger partial charge in [-0.15, -0.1) is 6.58 Å². The molecule has 0 aromatic heterocycles. The zero-order valence-corrected chi connectivity index (χ0v) is 18.1. The number of nitrogens with zero attached hydrogens (tertiary/aromatic N) is 1. The minimum absolute atomic E-state index is 0.201. The van der Waals surface area contributed by atoms with Crippen molar-refractivity contribution in [3.8, 4) is 11.5 Å². The third-order valence-electron chi connectivity index (χ3n) is 4.77. The summed E-state index contributed by atoms with van der Waals surface area (Å²) in [4.78, 5) is 38.8. The molecule has 0 aliphatic carbocycles. The maximum absolute atomic E-state index is 13.1. The van der Waals surface area contributed by atoms with Crippen molar-refractivity contribution < 1.29 is 23.9 Å². The van der Waals surface area contributed by atoms with Gasteiger partial charge in [0.05, 0.1) is 19.9 Å². The molecule has 8 heteroatoms. The van der Waals surface area contributed by atoms with Crippen molar-refractivity contribution >= 4 is 41.2 Å². The Bertz CT molecular complexity index is 1120. The van der Waals surface area contributed by atoms with Crippen LogP contribution in [0.2, 0.25) is 5.02 Å². The van der Waals surface area contributed by atoms with Crippen molar-refractivity contribution in [1.29, 1.82) is 0 Å². The summed E-state index contributed by atoms with van der Waals surface area (Å²) in [6.45, 7) is 5.54. The second-order valence-electron chi connectivity index (χ2n) is 6.80. The monoisotopic (exact) mass is 440 g/mol. The third kappa shape index (κ3) is 4.32. The topological polar surface area (TPSA) is 84.9 Å². The Hall–Kier alpha value is -3.58. The first kappa shape index (κ1) is 22.1. The number of allylic oxidation sites excluding steroid dienone is 1. The summed E-state index contributed by atoms with van der Waals surface area (Å²) in [5.74, 6) is -0.566. The molecule has 0 unspecified atom stereocenters. The Morgan fingerprint density at radius 2 is 1.87 bits per heavy atom. The molecular weight excluding hydrogens is 420 g/mol. The van der Waals surface area contributed by atoms with E-state index in [1.807, 2.05) is 0 Å².